The highest BCUT2D eigenvalue weighted by molar-refractivity contribution is 7.71. The Morgan fingerprint density at radius 2 is 1.75 bits per heavy atom. The Bertz CT molecular complexity index is 1570. The van der Waals surface area contributed by atoms with E-state index in [0.717, 1.165) is 38.9 Å². The van der Waals surface area contributed by atoms with Crippen LogP contribution in [-0.4, -0.2) is 27.7 Å². The van der Waals surface area contributed by atoms with E-state index in [-0.39, 0.29) is 24.2 Å². The molecule has 8 nitrogen and oxygen atoms in total. The molecule has 0 saturated carbocycles. The molecule has 4 aromatic rings. The van der Waals surface area contributed by atoms with Gasteiger partial charge >= 0.3 is 11.8 Å². The van der Waals surface area contributed by atoms with Gasteiger partial charge in [-0.2, -0.15) is 4.98 Å². The van der Waals surface area contributed by atoms with E-state index >= 15 is 0 Å². The van der Waals surface area contributed by atoms with Gasteiger partial charge in [-0.25, -0.2) is 9.59 Å². The molecular weight excluding hydrogens is 476 g/mol. The fourth-order valence-electron chi connectivity index (χ4n) is 4.44. The maximum Gasteiger partial charge on any atom is 0.413 e. The molecular formula is C27H24N4O4S. The van der Waals surface area contributed by atoms with Crippen molar-refractivity contribution >= 4 is 30.5 Å². The second-order valence-electron chi connectivity index (χ2n) is 8.72. The molecule has 2 N–H and O–H groups in total. The molecule has 0 radical (unpaired) electrons. The number of nitrogens with zero attached hydrogens (tertiary/aromatic N) is 2. The molecule has 0 atom stereocenters. The van der Waals surface area contributed by atoms with Gasteiger partial charge in [0.25, 0.3) is 5.88 Å². The largest absolute Gasteiger partial charge is 0.443 e. The van der Waals surface area contributed by atoms with Crippen molar-refractivity contribution in [1.29, 1.82) is 0 Å². The third-order valence-electron chi connectivity index (χ3n) is 6.14. The van der Waals surface area contributed by atoms with Crippen LogP contribution >= 0.6 is 12.2 Å². The van der Waals surface area contributed by atoms with Crippen LogP contribution in [0.3, 0.4) is 0 Å². The molecule has 1 aliphatic carbocycles. The first-order valence-electron chi connectivity index (χ1n) is 11.4. The van der Waals surface area contributed by atoms with Crippen LogP contribution in [0, 0.1) is 18.5 Å². The molecule has 0 bridgehead atoms. The third-order valence-corrected chi connectivity index (χ3v) is 6.47. The van der Waals surface area contributed by atoms with Crippen molar-refractivity contribution in [3.63, 3.8) is 0 Å². The summed E-state index contributed by atoms with van der Waals surface area (Å²) in [5.41, 5.74) is 7.12. The van der Waals surface area contributed by atoms with E-state index in [1.54, 1.807) is 6.20 Å². The van der Waals surface area contributed by atoms with Gasteiger partial charge in [0.05, 0.1) is 0 Å². The van der Waals surface area contributed by atoms with E-state index in [1.165, 1.54) is 17.9 Å². The zero-order valence-corrected chi connectivity index (χ0v) is 20.8. The topological polar surface area (TPSA) is 102 Å². The van der Waals surface area contributed by atoms with Crippen LogP contribution in [0.4, 0.5) is 4.79 Å². The molecule has 2 aromatic carbocycles. The lowest BCUT2D eigenvalue weighted by molar-refractivity contribution is 0.201. The Balaban J connectivity index is 1.62. The van der Waals surface area contributed by atoms with Crippen LogP contribution in [0.25, 0.3) is 12.2 Å². The van der Waals surface area contributed by atoms with Crippen molar-refractivity contribution in [2.75, 3.05) is 7.05 Å². The summed E-state index contributed by atoms with van der Waals surface area (Å²) >= 11 is 5.67. The zero-order valence-electron chi connectivity index (χ0n) is 20.0. The SMILES string of the molecule is CNC(=O)Oc1coc(Cn2cc(C3c4ccc(C)cc4C=Cc4cc(C)ccc43)c(=S)[nH]c2=O)n1. The maximum atomic E-state index is 12.8. The standard InChI is InChI=1S/C27H24N4O4S/c1-15-4-8-19-17(10-15)6-7-18-11-16(2)5-9-20(18)24(19)21-12-31(26(32)30-25(21)36)13-22-29-23(14-34-22)35-27(33)28-3/h4-12,14,24H,13H2,1-3H3,(H,28,33)(H,30,32,36). The highest BCUT2D eigenvalue weighted by atomic mass is 32.1. The van der Waals surface area contributed by atoms with Crippen LogP contribution < -0.4 is 15.7 Å². The Labute approximate surface area is 212 Å². The molecule has 182 valence electrons. The van der Waals surface area contributed by atoms with Crippen LogP contribution in [0.5, 0.6) is 5.88 Å². The quantitative estimate of drug-likeness (QED) is 0.339. The molecule has 1 aliphatic rings. The number of aromatic nitrogens is 3. The van der Waals surface area contributed by atoms with Gasteiger partial charge < -0.3 is 14.5 Å². The van der Waals surface area contributed by atoms with Crippen LogP contribution in [-0.2, 0) is 6.54 Å². The maximum absolute atomic E-state index is 12.8. The summed E-state index contributed by atoms with van der Waals surface area (Å²) in [5, 5.41) is 2.34. The third kappa shape index (κ3) is 4.52. The van der Waals surface area contributed by atoms with Gasteiger partial charge in [0.1, 0.15) is 11.2 Å². The number of H-pyrrole nitrogens is 1. The Hall–Kier alpha value is -4.24. The van der Waals surface area contributed by atoms with Crippen LogP contribution in [0.15, 0.2) is 58.1 Å². The number of carbonyl (C=O) groups is 1. The van der Waals surface area contributed by atoms with E-state index in [9.17, 15) is 9.59 Å². The first-order valence-corrected chi connectivity index (χ1v) is 11.8. The minimum absolute atomic E-state index is 0.00456. The van der Waals surface area contributed by atoms with Gasteiger partial charge in [-0.1, -0.05) is 71.9 Å². The predicted octanol–water partition coefficient (Wildman–Crippen LogP) is 4.94. The summed E-state index contributed by atoms with van der Waals surface area (Å²) in [5.74, 6) is 0.0190. The summed E-state index contributed by atoms with van der Waals surface area (Å²) in [6.07, 6.45) is 6.57. The van der Waals surface area contributed by atoms with Gasteiger partial charge in [-0.15, -0.1) is 0 Å². The number of rotatable bonds is 4. The van der Waals surface area contributed by atoms with Gasteiger partial charge in [0.2, 0.25) is 5.89 Å². The number of amides is 1. The average Bonchev–Trinajstić information content (AvgIpc) is 3.22. The molecule has 9 heteroatoms. The number of nitrogens with one attached hydrogen (secondary N) is 2. The summed E-state index contributed by atoms with van der Waals surface area (Å²) in [6, 6.07) is 12.7. The molecule has 0 saturated heterocycles. The van der Waals surface area contributed by atoms with Crippen molar-refractivity contribution in [1.82, 2.24) is 19.9 Å². The molecule has 1 amide bonds. The molecule has 0 fully saturated rings. The van der Waals surface area contributed by atoms with E-state index in [0.29, 0.717) is 4.64 Å². The lowest BCUT2D eigenvalue weighted by atomic mass is 9.83. The number of aryl methyl sites for hydroxylation is 2. The summed E-state index contributed by atoms with van der Waals surface area (Å²) in [6.45, 7) is 4.16. The fourth-order valence-corrected chi connectivity index (χ4v) is 4.70. The minimum Gasteiger partial charge on any atom is -0.443 e. The number of carbonyl (C=O) groups excluding carboxylic acids is 1. The van der Waals surface area contributed by atoms with Crippen molar-refractivity contribution in [2.45, 2.75) is 26.3 Å². The summed E-state index contributed by atoms with van der Waals surface area (Å²) in [7, 11) is 1.44. The Morgan fingerprint density at radius 3 is 2.36 bits per heavy atom. The number of oxazole rings is 1. The molecule has 5 rings (SSSR count). The lowest BCUT2D eigenvalue weighted by Crippen LogP contribution is -2.25. The number of benzene rings is 2. The Kier molecular flexibility index (Phi) is 6.15. The van der Waals surface area contributed by atoms with Crippen molar-refractivity contribution in [3.8, 4) is 5.88 Å². The molecule has 0 spiro atoms. The van der Waals surface area contributed by atoms with E-state index in [1.807, 2.05) is 0 Å². The number of fused-ring (bicyclic) bond motifs is 2. The van der Waals surface area contributed by atoms with Gasteiger partial charge in [0, 0.05) is 24.7 Å². The Morgan fingerprint density at radius 1 is 1.11 bits per heavy atom. The van der Waals surface area contributed by atoms with Gasteiger partial charge in [-0.3, -0.25) is 9.55 Å². The van der Waals surface area contributed by atoms with Gasteiger partial charge in [-0.05, 0) is 36.1 Å². The second kappa shape index (κ2) is 9.43. The van der Waals surface area contributed by atoms with E-state index in [2.05, 4.69) is 77.7 Å². The number of hydrogen-bond acceptors (Lipinski definition) is 6. The predicted molar refractivity (Wildman–Crippen MR) is 139 cm³/mol. The number of ether oxygens (including phenoxy) is 1. The fraction of sp³-hybridized carbons (Fsp3) is 0.185. The van der Waals surface area contributed by atoms with Gasteiger partial charge in [0.15, 0.2) is 6.26 Å². The monoisotopic (exact) mass is 500 g/mol. The van der Waals surface area contributed by atoms with Crippen molar-refractivity contribution < 1.29 is 13.9 Å². The summed E-state index contributed by atoms with van der Waals surface area (Å²) in [4.78, 5) is 31.2. The van der Waals surface area contributed by atoms with Crippen molar-refractivity contribution in [3.05, 3.63) is 109 Å². The number of aromatic amines is 1. The molecule has 36 heavy (non-hydrogen) atoms. The van der Waals surface area contributed by atoms with E-state index < -0.39 is 11.8 Å². The highest BCUT2D eigenvalue weighted by Crippen LogP contribution is 2.39. The summed E-state index contributed by atoms with van der Waals surface area (Å²) < 4.78 is 12.2. The van der Waals surface area contributed by atoms with Crippen LogP contribution in [0.1, 0.15) is 50.8 Å². The second-order valence-corrected chi connectivity index (χ2v) is 9.13. The smallest absolute Gasteiger partial charge is 0.413 e. The molecule has 2 heterocycles. The first-order chi connectivity index (χ1) is 17.3. The minimum atomic E-state index is -0.664. The average molecular weight is 501 g/mol. The normalized spacial score (nSPS) is 12.5. The van der Waals surface area contributed by atoms with E-state index in [4.69, 9.17) is 21.4 Å². The van der Waals surface area contributed by atoms with Crippen LogP contribution in [0.2, 0.25) is 0 Å². The molecule has 2 aromatic heterocycles. The molecule has 0 aliphatic heterocycles. The first kappa shape index (κ1) is 23.5. The molecule has 0 unspecified atom stereocenters. The zero-order chi connectivity index (χ0) is 25.4. The highest BCUT2D eigenvalue weighted by Gasteiger charge is 2.26. The van der Waals surface area contributed by atoms with Crippen molar-refractivity contribution in [2.24, 2.45) is 0 Å². The lowest BCUT2D eigenvalue weighted by Gasteiger charge is -2.22. The number of hydrogen-bond donors (Lipinski definition) is 2.